The number of thiazole rings is 1. The highest BCUT2D eigenvalue weighted by Crippen LogP contribution is 2.29. The molecule has 25 heavy (non-hydrogen) atoms. The fraction of sp³-hybridized carbons (Fsp3) is 0.312. The minimum absolute atomic E-state index is 0.0499. The average Bonchev–Trinajstić information content (AvgIpc) is 2.93. The van der Waals surface area contributed by atoms with E-state index in [4.69, 9.17) is 4.74 Å². The molecule has 0 unspecified atom stereocenters. The van der Waals surface area contributed by atoms with Gasteiger partial charge in [-0.1, -0.05) is 0 Å². The predicted molar refractivity (Wildman–Crippen MR) is 86.9 cm³/mol. The standard InChI is InChI=1S/C16H15F3N2O3S/c1-9-14(10(2)22)25-15(21-9)11-3-5-12(6-4-11)24-7-13(23)20-8-16(17,18)19/h3-6H,7-8H2,1-2H3,(H,20,23). The number of ketones is 1. The molecule has 2 aromatic rings. The molecule has 0 saturated carbocycles. The van der Waals surface area contributed by atoms with E-state index < -0.39 is 25.2 Å². The van der Waals surface area contributed by atoms with Gasteiger partial charge in [0.25, 0.3) is 5.91 Å². The van der Waals surface area contributed by atoms with Crippen molar-refractivity contribution >= 4 is 23.0 Å². The van der Waals surface area contributed by atoms with Gasteiger partial charge in [-0.3, -0.25) is 9.59 Å². The summed E-state index contributed by atoms with van der Waals surface area (Å²) in [5, 5.41) is 2.40. The number of Topliss-reactive ketones (excluding diaryl/α,β-unsaturated/α-hetero) is 1. The van der Waals surface area contributed by atoms with Gasteiger partial charge in [-0.25, -0.2) is 4.98 Å². The van der Waals surface area contributed by atoms with Crippen molar-refractivity contribution < 1.29 is 27.5 Å². The van der Waals surface area contributed by atoms with Crippen LogP contribution in [0.2, 0.25) is 0 Å². The molecule has 0 fully saturated rings. The van der Waals surface area contributed by atoms with Crippen molar-refractivity contribution in [2.24, 2.45) is 0 Å². The first kappa shape index (κ1) is 18.9. The maximum absolute atomic E-state index is 12.0. The van der Waals surface area contributed by atoms with Gasteiger partial charge in [0.05, 0.1) is 10.6 Å². The number of aryl methyl sites for hydroxylation is 1. The summed E-state index contributed by atoms with van der Waals surface area (Å²) in [5.41, 5.74) is 1.43. The van der Waals surface area contributed by atoms with Crippen LogP contribution in [-0.4, -0.2) is 36.0 Å². The van der Waals surface area contributed by atoms with Crippen molar-refractivity contribution in [1.29, 1.82) is 0 Å². The van der Waals surface area contributed by atoms with Gasteiger partial charge in [0.1, 0.15) is 17.3 Å². The predicted octanol–water partition coefficient (Wildman–Crippen LogP) is 3.38. The zero-order valence-corrected chi connectivity index (χ0v) is 14.3. The molecule has 1 N–H and O–H groups in total. The number of hydrogen-bond acceptors (Lipinski definition) is 5. The first-order valence-corrected chi connectivity index (χ1v) is 8.02. The summed E-state index contributed by atoms with van der Waals surface area (Å²) in [4.78, 5) is 27.7. The van der Waals surface area contributed by atoms with Crippen LogP contribution >= 0.6 is 11.3 Å². The summed E-state index contributed by atoms with van der Waals surface area (Å²) in [6, 6.07) is 6.56. The Morgan fingerprint density at radius 2 is 1.88 bits per heavy atom. The maximum Gasteiger partial charge on any atom is 0.405 e. The number of nitrogens with zero attached hydrogens (tertiary/aromatic N) is 1. The van der Waals surface area contributed by atoms with Crippen molar-refractivity contribution in [3.63, 3.8) is 0 Å². The fourth-order valence-corrected chi connectivity index (χ4v) is 2.91. The first-order valence-electron chi connectivity index (χ1n) is 7.21. The van der Waals surface area contributed by atoms with E-state index in [1.807, 2.05) is 0 Å². The van der Waals surface area contributed by atoms with E-state index in [1.54, 1.807) is 36.5 Å². The Morgan fingerprint density at radius 1 is 1.24 bits per heavy atom. The molecule has 5 nitrogen and oxygen atoms in total. The van der Waals surface area contributed by atoms with Gasteiger partial charge in [0.15, 0.2) is 12.4 Å². The molecule has 0 spiro atoms. The van der Waals surface area contributed by atoms with E-state index in [0.29, 0.717) is 21.3 Å². The van der Waals surface area contributed by atoms with Gasteiger partial charge < -0.3 is 10.1 Å². The summed E-state index contributed by atoms with van der Waals surface area (Å²) in [7, 11) is 0. The van der Waals surface area contributed by atoms with E-state index in [9.17, 15) is 22.8 Å². The Hall–Kier alpha value is -2.42. The first-order chi connectivity index (χ1) is 11.7. The zero-order chi connectivity index (χ0) is 18.6. The third-order valence-electron chi connectivity index (χ3n) is 3.07. The number of rotatable bonds is 6. The van der Waals surface area contributed by atoms with Gasteiger partial charge in [-0.2, -0.15) is 13.2 Å². The number of carbonyl (C=O) groups excluding carboxylic acids is 2. The smallest absolute Gasteiger partial charge is 0.405 e. The molecule has 1 amide bonds. The Kier molecular flexibility index (Phi) is 5.78. The van der Waals surface area contributed by atoms with E-state index >= 15 is 0 Å². The molecule has 0 atom stereocenters. The molecule has 1 aromatic carbocycles. The molecule has 0 aliphatic carbocycles. The number of alkyl halides is 3. The maximum atomic E-state index is 12.0. The summed E-state index contributed by atoms with van der Waals surface area (Å²) >= 11 is 1.28. The topological polar surface area (TPSA) is 68.3 Å². The summed E-state index contributed by atoms with van der Waals surface area (Å²) < 4.78 is 41.1. The van der Waals surface area contributed by atoms with Crippen LogP contribution in [0.15, 0.2) is 24.3 Å². The van der Waals surface area contributed by atoms with Crippen molar-refractivity contribution in [1.82, 2.24) is 10.3 Å². The highest BCUT2D eigenvalue weighted by atomic mass is 32.1. The lowest BCUT2D eigenvalue weighted by atomic mass is 10.2. The van der Waals surface area contributed by atoms with Crippen LogP contribution in [-0.2, 0) is 4.79 Å². The quantitative estimate of drug-likeness (QED) is 0.790. The second kappa shape index (κ2) is 7.64. The van der Waals surface area contributed by atoms with Crippen molar-refractivity contribution in [3.8, 4) is 16.3 Å². The average molecular weight is 372 g/mol. The molecule has 2 rings (SSSR count). The molecule has 0 saturated heterocycles. The molecule has 1 aromatic heterocycles. The minimum Gasteiger partial charge on any atom is -0.484 e. The van der Waals surface area contributed by atoms with Gasteiger partial charge in [0, 0.05) is 12.5 Å². The number of ether oxygens (including phenoxy) is 1. The number of benzene rings is 1. The van der Waals surface area contributed by atoms with Gasteiger partial charge in [0.2, 0.25) is 0 Å². The molecule has 1 heterocycles. The number of hydrogen-bond donors (Lipinski definition) is 1. The van der Waals surface area contributed by atoms with E-state index in [2.05, 4.69) is 4.98 Å². The highest BCUT2D eigenvalue weighted by molar-refractivity contribution is 7.17. The number of halogens is 3. The lowest BCUT2D eigenvalue weighted by Crippen LogP contribution is -2.36. The Bertz CT molecular complexity index is 770. The van der Waals surface area contributed by atoms with Gasteiger partial charge >= 0.3 is 6.18 Å². The molecule has 9 heteroatoms. The fourth-order valence-electron chi connectivity index (χ4n) is 1.94. The molecule has 0 bridgehead atoms. The van der Waals surface area contributed by atoms with E-state index in [-0.39, 0.29) is 5.78 Å². The third kappa shape index (κ3) is 5.56. The Morgan fingerprint density at radius 3 is 2.40 bits per heavy atom. The monoisotopic (exact) mass is 372 g/mol. The van der Waals surface area contributed by atoms with Crippen LogP contribution in [0.5, 0.6) is 5.75 Å². The zero-order valence-electron chi connectivity index (χ0n) is 13.4. The third-order valence-corrected chi connectivity index (χ3v) is 4.38. The number of carbonyl (C=O) groups is 2. The molecule has 134 valence electrons. The lowest BCUT2D eigenvalue weighted by molar-refractivity contribution is -0.139. The molecular weight excluding hydrogens is 357 g/mol. The molecule has 0 radical (unpaired) electrons. The summed E-state index contributed by atoms with van der Waals surface area (Å²) in [6.07, 6.45) is -4.46. The van der Waals surface area contributed by atoms with Crippen LogP contribution in [0.1, 0.15) is 22.3 Å². The van der Waals surface area contributed by atoms with Crippen molar-refractivity contribution in [3.05, 3.63) is 34.8 Å². The second-order valence-corrected chi connectivity index (χ2v) is 6.19. The minimum atomic E-state index is -4.46. The van der Waals surface area contributed by atoms with Crippen LogP contribution in [0.25, 0.3) is 10.6 Å². The van der Waals surface area contributed by atoms with Crippen LogP contribution in [0.3, 0.4) is 0 Å². The normalized spacial score (nSPS) is 11.2. The van der Waals surface area contributed by atoms with E-state index in [0.717, 1.165) is 5.56 Å². The largest absolute Gasteiger partial charge is 0.484 e. The van der Waals surface area contributed by atoms with Crippen molar-refractivity contribution in [2.75, 3.05) is 13.2 Å². The van der Waals surface area contributed by atoms with Gasteiger partial charge in [-0.15, -0.1) is 11.3 Å². The number of amides is 1. The highest BCUT2D eigenvalue weighted by Gasteiger charge is 2.27. The SMILES string of the molecule is CC(=O)c1sc(-c2ccc(OCC(=O)NCC(F)(F)F)cc2)nc1C. The van der Waals surface area contributed by atoms with Crippen LogP contribution in [0, 0.1) is 6.92 Å². The Balaban J connectivity index is 1.95. The number of aromatic nitrogens is 1. The van der Waals surface area contributed by atoms with Crippen molar-refractivity contribution in [2.45, 2.75) is 20.0 Å². The Labute approximate surface area is 145 Å². The van der Waals surface area contributed by atoms with Crippen LogP contribution < -0.4 is 10.1 Å². The number of nitrogens with one attached hydrogen (secondary N) is 1. The molecular formula is C16H15F3N2O3S. The molecule has 0 aliphatic rings. The molecule has 0 aliphatic heterocycles. The van der Waals surface area contributed by atoms with Crippen LogP contribution in [0.4, 0.5) is 13.2 Å². The van der Waals surface area contributed by atoms with Gasteiger partial charge in [-0.05, 0) is 31.2 Å². The summed E-state index contributed by atoms with van der Waals surface area (Å²) in [5.74, 6) is -0.569. The van der Waals surface area contributed by atoms with E-state index in [1.165, 1.54) is 18.3 Å². The second-order valence-electron chi connectivity index (χ2n) is 5.19. The lowest BCUT2D eigenvalue weighted by Gasteiger charge is -2.09. The summed E-state index contributed by atoms with van der Waals surface area (Å²) in [6.45, 7) is 1.33.